The van der Waals surface area contributed by atoms with Crippen LogP contribution in [0.1, 0.15) is 10.4 Å². The first-order valence-electron chi connectivity index (χ1n) is 10.2. The number of amides is 1. The zero-order valence-corrected chi connectivity index (χ0v) is 19.3. The molecule has 0 unspecified atom stereocenters. The van der Waals surface area contributed by atoms with Crippen molar-refractivity contribution >= 4 is 61.3 Å². The van der Waals surface area contributed by atoms with Gasteiger partial charge in [0.25, 0.3) is 5.91 Å². The number of carbonyl (C=O) groups is 1. The van der Waals surface area contributed by atoms with Crippen LogP contribution in [0, 0.1) is 0 Å². The van der Waals surface area contributed by atoms with Crippen LogP contribution in [0.5, 0.6) is 5.75 Å². The van der Waals surface area contributed by atoms with Crippen LogP contribution in [0.15, 0.2) is 84.2 Å². The maximum absolute atomic E-state index is 12.9. The fourth-order valence-corrected chi connectivity index (χ4v) is 4.66. The molecule has 0 saturated heterocycles. The molecular formula is C26H19N3O2S2. The normalized spacial score (nSPS) is 10.8. The number of thiazole rings is 1. The quantitative estimate of drug-likeness (QED) is 0.305. The van der Waals surface area contributed by atoms with E-state index in [1.807, 2.05) is 53.9 Å². The highest BCUT2D eigenvalue weighted by Crippen LogP contribution is 2.28. The number of ether oxygens (including phenoxy) is 1. The van der Waals surface area contributed by atoms with Crippen molar-refractivity contribution in [3.63, 3.8) is 0 Å². The van der Waals surface area contributed by atoms with E-state index in [1.54, 1.807) is 13.2 Å². The molecular weight excluding hydrogens is 450 g/mol. The predicted octanol–water partition coefficient (Wildman–Crippen LogP) is 6.25. The van der Waals surface area contributed by atoms with Crippen molar-refractivity contribution in [3.8, 4) is 17.0 Å². The van der Waals surface area contributed by atoms with Crippen LogP contribution in [-0.2, 0) is 0 Å². The second-order valence-electron chi connectivity index (χ2n) is 7.41. The molecule has 2 N–H and O–H groups in total. The monoisotopic (exact) mass is 469 g/mol. The molecule has 33 heavy (non-hydrogen) atoms. The van der Waals surface area contributed by atoms with Crippen LogP contribution >= 0.6 is 23.6 Å². The molecule has 1 aromatic heterocycles. The Kier molecular flexibility index (Phi) is 5.73. The van der Waals surface area contributed by atoms with Gasteiger partial charge in [-0.3, -0.25) is 10.1 Å². The number of hydrogen-bond donors (Lipinski definition) is 2. The largest absolute Gasteiger partial charge is 0.496 e. The molecule has 0 radical (unpaired) electrons. The minimum absolute atomic E-state index is 0.176. The van der Waals surface area contributed by atoms with Gasteiger partial charge < -0.3 is 10.1 Å². The molecule has 1 amide bonds. The summed E-state index contributed by atoms with van der Waals surface area (Å²) in [6.45, 7) is 0. The van der Waals surface area contributed by atoms with Gasteiger partial charge in [0.15, 0.2) is 10.2 Å². The summed E-state index contributed by atoms with van der Waals surface area (Å²) in [5.74, 6) is 0.142. The van der Waals surface area contributed by atoms with Gasteiger partial charge in [0.2, 0.25) is 0 Å². The summed E-state index contributed by atoms with van der Waals surface area (Å²) >= 11 is 6.78. The van der Waals surface area contributed by atoms with Gasteiger partial charge in [-0.15, -0.1) is 11.3 Å². The molecule has 0 aliphatic rings. The number of benzene rings is 4. The third-order valence-corrected chi connectivity index (χ3v) is 6.27. The van der Waals surface area contributed by atoms with E-state index in [-0.39, 0.29) is 11.0 Å². The van der Waals surface area contributed by atoms with E-state index in [1.165, 1.54) is 16.7 Å². The van der Waals surface area contributed by atoms with Crippen molar-refractivity contribution in [2.45, 2.75) is 0 Å². The summed E-state index contributed by atoms with van der Waals surface area (Å²) in [5, 5.41) is 12.8. The molecule has 5 nitrogen and oxygen atoms in total. The minimum atomic E-state index is -0.346. The number of methoxy groups -OCH3 is 1. The van der Waals surface area contributed by atoms with E-state index < -0.39 is 0 Å². The van der Waals surface area contributed by atoms with Gasteiger partial charge in [-0.25, -0.2) is 4.98 Å². The number of anilines is 1. The second kappa shape index (κ2) is 8.97. The number of nitrogens with zero attached hydrogens (tertiary/aromatic N) is 1. The molecule has 0 bridgehead atoms. The zero-order chi connectivity index (χ0) is 22.8. The Morgan fingerprint density at radius 2 is 1.58 bits per heavy atom. The van der Waals surface area contributed by atoms with Crippen molar-refractivity contribution < 1.29 is 9.53 Å². The Bertz CT molecular complexity index is 1510. The lowest BCUT2D eigenvalue weighted by Crippen LogP contribution is -2.34. The average molecular weight is 470 g/mol. The Hall–Kier alpha value is -3.81. The lowest BCUT2D eigenvalue weighted by Gasteiger charge is -2.12. The van der Waals surface area contributed by atoms with Crippen molar-refractivity contribution in [1.29, 1.82) is 0 Å². The molecule has 7 heteroatoms. The van der Waals surface area contributed by atoms with Gasteiger partial charge in [-0.05, 0) is 52.0 Å². The summed E-state index contributed by atoms with van der Waals surface area (Å²) in [6, 6.07) is 25.9. The van der Waals surface area contributed by atoms with E-state index in [0.29, 0.717) is 16.4 Å². The summed E-state index contributed by atoms with van der Waals surface area (Å²) in [6.07, 6.45) is 0. The Morgan fingerprint density at radius 1 is 0.909 bits per heavy atom. The Morgan fingerprint density at radius 3 is 2.30 bits per heavy atom. The third-order valence-electron chi connectivity index (χ3n) is 5.31. The minimum Gasteiger partial charge on any atom is -0.496 e. The van der Waals surface area contributed by atoms with Gasteiger partial charge in [0.05, 0.1) is 18.4 Å². The first-order valence-corrected chi connectivity index (χ1v) is 11.5. The molecule has 0 fully saturated rings. The van der Waals surface area contributed by atoms with Crippen molar-refractivity contribution in [2.24, 2.45) is 0 Å². The molecule has 4 aromatic carbocycles. The number of rotatable bonds is 4. The molecule has 1 heterocycles. The van der Waals surface area contributed by atoms with E-state index in [9.17, 15) is 4.79 Å². The molecule has 0 atom stereocenters. The SMILES string of the molecule is COc1cc2ccccc2cc1C(=O)NC(=S)Nc1nc(-c2ccc3ccccc3c2)cs1. The lowest BCUT2D eigenvalue weighted by molar-refractivity contribution is 0.0975. The first-order chi connectivity index (χ1) is 16.1. The highest BCUT2D eigenvalue weighted by atomic mass is 32.1. The molecule has 0 spiro atoms. The first kappa shape index (κ1) is 21.1. The van der Waals surface area contributed by atoms with Crippen LogP contribution < -0.4 is 15.4 Å². The number of fused-ring (bicyclic) bond motifs is 2. The summed E-state index contributed by atoms with van der Waals surface area (Å²) < 4.78 is 5.42. The highest BCUT2D eigenvalue weighted by Gasteiger charge is 2.16. The number of nitrogens with one attached hydrogen (secondary N) is 2. The van der Waals surface area contributed by atoms with Crippen molar-refractivity contribution in [3.05, 3.63) is 89.8 Å². The van der Waals surface area contributed by atoms with Crippen LogP contribution in [0.4, 0.5) is 5.13 Å². The Labute approximate surface area is 200 Å². The zero-order valence-electron chi connectivity index (χ0n) is 17.7. The maximum atomic E-state index is 12.9. The van der Waals surface area contributed by atoms with Crippen LogP contribution in [0.2, 0.25) is 0 Å². The van der Waals surface area contributed by atoms with Crippen molar-refractivity contribution in [2.75, 3.05) is 12.4 Å². The smallest absolute Gasteiger partial charge is 0.261 e. The number of carbonyl (C=O) groups excluding carboxylic acids is 1. The number of hydrogen-bond acceptors (Lipinski definition) is 5. The Balaban J connectivity index is 1.31. The van der Waals surface area contributed by atoms with Crippen molar-refractivity contribution in [1.82, 2.24) is 10.3 Å². The van der Waals surface area contributed by atoms with E-state index >= 15 is 0 Å². The van der Waals surface area contributed by atoms with Gasteiger partial charge >= 0.3 is 0 Å². The molecule has 5 aromatic rings. The third kappa shape index (κ3) is 4.41. The van der Waals surface area contributed by atoms with E-state index in [0.717, 1.165) is 27.4 Å². The summed E-state index contributed by atoms with van der Waals surface area (Å²) in [4.78, 5) is 17.5. The van der Waals surface area contributed by atoms with Crippen LogP contribution in [-0.4, -0.2) is 23.1 Å². The fraction of sp³-hybridized carbons (Fsp3) is 0.0385. The summed E-state index contributed by atoms with van der Waals surface area (Å²) in [7, 11) is 1.54. The molecule has 0 aliphatic heterocycles. The van der Waals surface area contributed by atoms with Crippen LogP contribution in [0.3, 0.4) is 0 Å². The molecule has 0 saturated carbocycles. The second-order valence-corrected chi connectivity index (χ2v) is 8.67. The number of aromatic nitrogens is 1. The highest BCUT2D eigenvalue weighted by molar-refractivity contribution is 7.80. The average Bonchev–Trinajstić information content (AvgIpc) is 3.31. The van der Waals surface area contributed by atoms with Crippen LogP contribution in [0.25, 0.3) is 32.8 Å². The maximum Gasteiger partial charge on any atom is 0.261 e. The van der Waals surface area contributed by atoms with Gasteiger partial charge in [0.1, 0.15) is 5.75 Å². The fourth-order valence-electron chi connectivity index (χ4n) is 3.68. The number of thiocarbonyl (C=S) groups is 1. The van der Waals surface area contributed by atoms with Gasteiger partial charge in [-0.2, -0.15) is 0 Å². The van der Waals surface area contributed by atoms with Gasteiger partial charge in [-0.1, -0.05) is 60.7 Å². The lowest BCUT2D eigenvalue weighted by atomic mass is 10.1. The molecule has 5 rings (SSSR count). The topological polar surface area (TPSA) is 63.2 Å². The van der Waals surface area contributed by atoms with E-state index in [4.69, 9.17) is 17.0 Å². The summed E-state index contributed by atoms with van der Waals surface area (Å²) in [5.41, 5.74) is 2.28. The van der Waals surface area contributed by atoms with E-state index in [2.05, 4.69) is 39.9 Å². The molecule has 162 valence electrons. The standard InChI is InChI=1S/C26H19N3O2S2/c1-31-23-14-19-9-5-4-8-18(19)13-21(23)24(30)28-25(32)29-26-27-22(15-33-26)20-11-10-16-6-2-3-7-17(16)12-20/h2-15H,1H3,(H2,27,28,29,30,32). The predicted molar refractivity (Wildman–Crippen MR) is 139 cm³/mol. The molecule has 0 aliphatic carbocycles. The van der Waals surface area contributed by atoms with Gasteiger partial charge in [0, 0.05) is 10.9 Å².